The van der Waals surface area contributed by atoms with Crippen LogP contribution >= 0.6 is 0 Å². The number of anilines is 1. The summed E-state index contributed by atoms with van der Waals surface area (Å²) in [5, 5.41) is 7.00. The molecule has 0 spiro atoms. The highest BCUT2D eigenvalue weighted by atomic mass is 16.5. The first kappa shape index (κ1) is 41.7. The largest absolute Gasteiger partial charge is 0.400 e. The Morgan fingerprint density at radius 3 is 2.10 bits per heavy atom. The Labute approximate surface area is 306 Å². The molecule has 0 aromatic heterocycles. The lowest BCUT2D eigenvalue weighted by Gasteiger charge is -2.42. The number of benzene rings is 2. The van der Waals surface area contributed by atoms with E-state index in [-0.39, 0.29) is 23.0 Å². The van der Waals surface area contributed by atoms with E-state index in [0.717, 1.165) is 39.6 Å². The van der Waals surface area contributed by atoms with Crippen molar-refractivity contribution in [1.29, 1.82) is 0 Å². The van der Waals surface area contributed by atoms with Crippen LogP contribution in [0.15, 0.2) is 59.3 Å². The van der Waals surface area contributed by atoms with Crippen molar-refractivity contribution in [3.63, 3.8) is 0 Å². The van der Waals surface area contributed by atoms with E-state index in [1.54, 1.807) is 7.11 Å². The van der Waals surface area contributed by atoms with Gasteiger partial charge in [0.25, 0.3) is 0 Å². The molecule has 3 unspecified atom stereocenters. The summed E-state index contributed by atoms with van der Waals surface area (Å²) in [5.41, 5.74) is 14.4. The Morgan fingerprint density at radius 2 is 1.50 bits per heavy atom. The second kappa shape index (κ2) is 17.7. The van der Waals surface area contributed by atoms with Crippen molar-refractivity contribution in [3.8, 4) is 0 Å². The van der Waals surface area contributed by atoms with Gasteiger partial charge in [-0.05, 0) is 80.3 Å². The minimum Gasteiger partial charge on any atom is -0.400 e. The van der Waals surface area contributed by atoms with Gasteiger partial charge in [-0.2, -0.15) is 4.58 Å². The van der Waals surface area contributed by atoms with E-state index in [1.807, 2.05) is 34.6 Å². The van der Waals surface area contributed by atoms with E-state index in [2.05, 4.69) is 112 Å². The number of aliphatic hydroxyl groups is 1. The summed E-state index contributed by atoms with van der Waals surface area (Å²) < 4.78 is 14.2. The normalized spacial score (nSPS) is 21.9. The van der Waals surface area contributed by atoms with E-state index < -0.39 is 0 Å². The van der Waals surface area contributed by atoms with E-state index >= 15 is 0 Å². The minimum absolute atomic E-state index is 0.0427. The molecule has 5 nitrogen and oxygen atoms in total. The van der Waals surface area contributed by atoms with E-state index in [9.17, 15) is 0 Å². The number of aliphatic hydroxyl groups excluding tert-OH is 1. The first-order chi connectivity index (χ1) is 23.9. The number of ether oxygens (including phenoxy) is 2. The van der Waals surface area contributed by atoms with Crippen LogP contribution in [0.3, 0.4) is 0 Å². The summed E-state index contributed by atoms with van der Waals surface area (Å²) in [5.74, 6) is 1.13. The molecule has 1 N–H and O–H groups in total. The number of allylic oxidation sites excluding steroid dienone is 1. The zero-order valence-corrected chi connectivity index (χ0v) is 34.5. The molecule has 50 heavy (non-hydrogen) atoms. The maximum Gasteiger partial charge on any atom is 0.209 e. The first-order valence-corrected chi connectivity index (χ1v) is 19.7. The third-order valence-corrected chi connectivity index (χ3v) is 11.0. The van der Waals surface area contributed by atoms with E-state index in [4.69, 9.17) is 9.84 Å². The highest BCUT2D eigenvalue weighted by Gasteiger charge is 2.54. The Hall–Kier alpha value is -2.73. The van der Waals surface area contributed by atoms with Crippen LogP contribution < -0.4 is 4.90 Å². The molecule has 0 radical (unpaired) electrons. The van der Waals surface area contributed by atoms with Gasteiger partial charge < -0.3 is 19.5 Å². The van der Waals surface area contributed by atoms with Crippen molar-refractivity contribution in [2.45, 2.75) is 151 Å². The molecule has 5 aliphatic rings. The number of methoxy groups -OCH3 is 1. The number of hydrogen-bond acceptors (Lipinski definition) is 4. The molecule has 0 bridgehead atoms. The van der Waals surface area contributed by atoms with Crippen LogP contribution in [0.25, 0.3) is 0 Å². The van der Waals surface area contributed by atoms with Gasteiger partial charge in [-0.15, -0.1) is 0 Å². The molecule has 0 amide bonds. The van der Waals surface area contributed by atoms with Crippen LogP contribution in [0.2, 0.25) is 0 Å². The molecule has 0 aliphatic carbocycles. The Morgan fingerprint density at radius 1 is 0.880 bits per heavy atom. The third kappa shape index (κ3) is 7.43. The number of rotatable bonds is 5. The lowest BCUT2D eigenvalue weighted by molar-refractivity contribution is -0.445. The number of fused-ring (bicyclic) bond motifs is 8. The smallest absolute Gasteiger partial charge is 0.209 e. The monoisotopic (exact) mass is 688 g/mol. The molecule has 7 rings (SSSR count). The summed E-state index contributed by atoms with van der Waals surface area (Å²) >= 11 is 0. The van der Waals surface area contributed by atoms with Crippen molar-refractivity contribution < 1.29 is 19.2 Å². The second-order valence-corrected chi connectivity index (χ2v) is 15.0. The summed E-state index contributed by atoms with van der Waals surface area (Å²) in [6.07, 6.45) is 7.56. The molecule has 0 saturated carbocycles. The lowest BCUT2D eigenvalue weighted by Crippen LogP contribution is -2.47. The minimum atomic E-state index is -0.0438. The SMILES string of the molecule is CC.CC.CCCC(C)c1ccc2c(c1)C(C)(C)C1=C3C=C4C5=[N+](CCC4OC3CCN12)c1ccc(C(C)C)cc1C5(C)C.CCOC.CO. The van der Waals surface area contributed by atoms with Crippen LogP contribution in [-0.2, 0) is 20.3 Å². The molecule has 5 aliphatic heterocycles. The van der Waals surface area contributed by atoms with E-state index in [1.165, 1.54) is 69.0 Å². The molecule has 5 heteroatoms. The predicted octanol–water partition coefficient (Wildman–Crippen LogP) is 11.0. The molecule has 278 valence electrons. The van der Waals surface area contributed by atoms with Crippen molar-refractivity contribution in [1.82, 2.24) is 0 Å². The molecular weight excluding hydrogens is 617 g/mol. The first-order valence-electron chi connectivity index (χ1n) is 19.7. The van der Waals surface area contributed by atoms with Crippen LogP contribution in [0.4, 0.5) is 11.4 Å². The molecule has 2 aromatic carbocycles. The zero-order chi connectivity index (χ0) is 37.6. The number of hydrogen-bond donors (Lipinski definition) is 1. The van der Waals surface area contributed by atoms with Crippen LogP contribution in [0.1, 0.15) is 150 Å². The average Bonchev–Trinajstić information content (AvgIpc) is 3.52. The van der Waals surface area contributed by atoms with E-state index in [0.29, 0.717) is 11.8 Å². The molecule has 3 atom stereocenters. The Bertz CT molecular complexity index is 1540. The fourth-order valence-corrected chi connectivity index (χ4v) is 8.59. The second-order valence-electron chi connectivity index (χ2n) is 15.0. The molecule has 0 fully saturated rings. The van der Waals surface area contributed by atoms with Crippen molar-refractivity contribution >= 4 is 17.1 Å². The predicted molar refractivity (Wildman–Crippen MR) is 215 cm³/mol. The van der Waals surface area contributed by atoms with Gasteiger partial charge >= 0.3 is 0 Å². The lowest BCUT2D eigenvalue weighted by atomic mass is 9.73. The standard InChI is InChI=1S/C37H47N2O.C3H8O.2C2H6.CH4O/c1-9-10-23(4)25-12-14-31-29(20-25)37(7,8)35-27-21-26-32(40-33(27)16-18-39(31)35)15-17-38-30-13-11-24(22(2)3)19-28(30)36(5,6)34(26)38;1-3-4-2;3*1-2/h11-14,19-23,32-33H,9-10,15-18H2,1-8H3;3H2,1-2H3;2*1-2H3;2H,1H3/q+1;;;;. The Kier molecular flexibility index (Phi) is 14.7. The van der Waals surface area contributed by atoms with Gasteiger partial charge in [-0.1, -0.05) is 93.9 Å². The van der Waals surface area contributed by atoms with Gasteiger partial charge in [0.15, 0.2) is 12.3 Å². The maximum atomic E-state index is 7.05. The summed E-state index contributed by atoms with van der Waals surface area (Å²) in [7, 11) is 2.68. The fourth-order valence-electron chi connectivity index (χ4n) is 8.59. The van der Waals surface area contributed by atoms with Gasteiger partial charge in [0.05, 0.1) is 17.6 Å². The third-order valence-electron chi connectivity index (χ3n) is 11.0. The van der Waals surface area contributed by atoms with Gasteiger partial charge in [0, 0.05) is 73.4 Å². The summed E-state index contributed by atoms with van der Waals surface area (Å²) in [6.45, 7) is 31.9. The summed E-state index contributed by atoms with van der Waals surface area (Å²) in [4.78, 5) is 2.63. The van der Waals surface area contributed by atoms with Crippen molar-refractivity contribution in [3.05, 3.63) is 81.6 Å². The van der Waals surface area contributed by atoms with Crippen molar-refractivity contribution in [2.75, 3.05) is 38.8 Å². The van der Waals surface area contributed by atoms with Crippen LogP contribution in [-0.4, -0.2) is 61.5 Å². The number of nitrogens with zero attached hydrogens (tertiary/aromatic N) is 2. The highest BCUT2D eigenvalue weighted by molar-refractivity contribution is 6.08. The molecule has 2 aromatic rings. The van der Waals surface area contributed by atoms with Crippen molar-refractivity contribution in [2.24, 2.45) is 0 Å². The quantitative estimate of drug-likeness (QED) is 0.318. The van der Waals surface area contributed by atoms with Crippen LogP contribution in [0, 0.1) is 0 Å². The van der Waals surface area contributed by atoms with Crippen LogP contribution in [0.5, 0.6) is 0 Å². The summed E-state index contributed by atoms with van der Waals surface area (Å²) in [6, 6.07) is 14.5. The maximum absolute atomic E-state index is 7.05. The van der Waals surface area contributed by atoms with Gasteiger partial charge in [-0.3, -0.25) is 0 Å². The Balaban J connectivity index is 0.000000615. The molecule has 5 heterocycles. The highest BCUT2D eigenvalue weighted by Crippen LogP contribution is 2.54. The molecule has 0 saturated heterocycles. The average molecular weight is 688 g/mol. The van der Waals surface area contributed by atoms with Gasteiger partial charge in [-0.25, -0.2) is 0 Å². The van der Waals surface area contributed by atoms with Gasteiger partial charge in [0.1, 0.15) is 0 Å². The zero-order valence-electron chi connectivity index (χ0n) is 34.5. The molecular formula is C45H71N2O3+. The van der Waals surface area contributed by atoms with Gasteiger partial charge in [0.2, 0.25) is 5.69 Å². The fraction of sp³-hybridized carbons (Fsp3) is 0.622. The topological polar surface area (TPSA) is 44.9 Å².